The molecular weight excluding hydrogens is 220 g/mol. The largest absolute Gasteiger partial charge is 0.383 e. The van der Waals surface area contributed by atoms with Gasteiger partial charge in [-0.3, -0.25) is 9.48 Å². The summed E-state index contributed by atoms with van der Waals surface area (Å²) in [6.45, 7) is 4.38. The predicted octanol–water partition coefficient (Wildman–Crippen LogP) is -0.376. The summed E-state index contributed by atoms with van der Waals surface area (Å²) in [7, 11) is 1.61. The molecule has 0 aromatic carbocycles. The summed E-state index contributed by atoms with van der Waals surface area (Å²) in [6, 6.07) is 1.67. The van der Waals surface area contributed by atoms with Crippen molar-refractivity contribution in [2.45, 2.75) is 19.5 Å². The lowest BCUT2D eigenvalue weighted by molar-refractivity contribution is -0.122. The molecule has 0 spiro atoms. The molecule has 96 valence electrons. The van der Waals surface area contributed by atoms with Crippen molar-refractivity contribution in [3.05, 3.63) is 18.5 Å². The van der Waals surface area contributed by atoms with Gasteiger partial charge in [-0.05, 0) is 13.0 Å². The fourth-order valence-corrected chi connectivity index (χ4v) is 1.35. The molecule has 0 fully saturated rings. The summed E-state index contributed by atoms with van der Waals surface area (Å²) in [5.41, 5.74) is 0. The summed E-state index contributed by atoms with van der Waals surface area (Å²) >= 11 is 0. The van der Waals surface area contributed by atoms with Gasteiger partial charge in [0.1, 0.15) is 0 Å². The van der Waals surface area contributed by atoms with E-state index in [-0.39, 0.29) is 11.9 Å². The third-order valence-electron chi connectivity index (χ3n) is 2.35. The number of amides is 1. The summed E-state index contributed by atoms with van der Waals surface area (Å²) in [4.78, 5) is 11.6. The molecule has 1 heterocycles. The minimum Gasteiger partial charge on any atom is -0.383 e. The van der Waals surface area contributed by atoms with Gasteiger partial charge in [-0.15, -0.1) is 0 Å². The molecule has 0 bridgehead atoms. The van der Waals surface area contributed by atoms with Crippen LogP contribution in [0.1, 0.15) is 6.92 Å². The lowest BCUT2D eigenvalue weighted by atomic mass is 10.3. The van der Waals surface area contributed by atoms with Crippen molar-refractivity contribution in [2.75, 3.05) is 26.8 Å². The number of hydrogen-bond acceptors (Lipinski definition) is 4. The molecule has 1 amide bonds. The zero-order valence-electron chi connectivity index (χ0n) is 10.3. The van der Waals surface area contributed by atoms with Crippen molar-refractivity contribution >= 4 is 5.91 Å². The SMILES string of the molecule is COCCNC(=O)C(C)NCCn1cccn1. The molecule has 1 rings (SSSR count). The molecule has 0 aliphatic carbocycles. The molecular formula is C11H20N4O2. The van der Waals surface area contributed by atoms with Crippen molar-refractivity contribution in [3.63, 3.8) is 0 Å². The Hall–Kier alpha value is -1.40. The van der Waals surface area contributed by atoms with E-state index in [1.165, 1.54) is 0 Å². The van der Waals surface area contributed by atoms with E-state index in [0.29, 0.717) is 19.7 Å². The Morgan fingerprint density at radius 2 is 2.35 bits per heavy atom. The molecule has 17 heavy (non-hydrogen) atoms. The maximum absolute atomic E-state index is 11.6. The Balaban J connectivity index is 2.11. The quantitative estimate of drug-likeness (QED) is 0.608. The molecule has 0 aliphatic heterocycles. The number of methoxy groups -OCH3 is 1. The van der Waals surface area contributed by atoms with Crippen LogP contribution in [0.25, 0.3) is 0 Å². The van der Waals surface area contributed by atoms with E-state index in [1.54, 1.807) is 13.3 Å². The zero-order chi connectivity index (χ0) is 12.5. The molecule has 1 atom stereocenters. The van der Waals surface area contributed by atoms with E-state index in [1.807, 2.05) is 23.9 Å². The number of aromatic nitrogens is 2. The van der Waals surface area contributed by atoms with Crippen LogP contribution in [0.5, 0.6) is 0 Å². The van der Waals surface area contributed by atoms with Crippen LogP contribution < -0.4 is 10.6 Å². The number of carbonyl (C=O) groups excluding carboxylic acids is 1. The highest BCUT2D eigenvalue weighted by Gasteiger charge is 2.10. The number of nitrogens with zero attached hydrogens (tertiary/aromatic N) is 2. The van der Waals surface area contributed by atoms with Gasteiger partial charge < -0.3 is 15.4 Å². The highest BCUT2D eigenvalue weighted by molar-refractivity contribution is 5.81. The van der Waals surface area contributed by atoms with Gasteiger partial charge in [-0.2, -0.15) is 5.10 Å². The topological polar surface area (TPSA) is 68.2 Å². The van der Waals surface area contributed by atoms with E-state index in [4.69, 9.17) is 4.74 Å². The summed E-state index contributed by atoms with van der Waals surface area (Å²) in [6.07, 6.45) is 3.63. The Labute approximate surface area is 101 Å². The minimum absolute atomic E-state index is 0.0116. The van der Waals surface area contributed by atoms with Crippen LogP contribution in [-0.4, -0.2) is 48.5 Å². The first-order valence-corrected chi connectivity index (χ1v) is 5.71. The summed E-state index contributed by atoms with van der Waals surface area (Å²) in [5.74, 6) is -0.0116. The third-order valence-corrected chi connectivity index (χ3v) is 2.35. The first kappa shape index (κ1) is 13.7. The first-order valence-electron chi connectivity index (χ1n) is 5.71. The average Bonchev–Trinajstić information content (AvgIpc) is 2.82. The van der Waals surface area contributed by atoms with Crippen molar-refractivity contribution in [1.82, 2.24) is 20.4 Å². The molecule has 1 unspecified atom stereocenters. The number of rotatable bonds is 8. The van der Waals surface area contributed by atoms with Gasteiger partial charge in [-0.1, -0.05) is 0 Å². The third kappa shape index (κ3) is 5.46. The first-order chi connectivity index (χ1) is 8.24. The van der Waals surface area contributed by atoms with Gasteiger partial charge >= 0.3 is 0 Å². The number of ether oxygens (including phenoxy) is 1. The van der Waals surface area contributed by atoms with E-state index < -0.39 is 0 Å². The van der Waals surface area contributed by atoms with Crippen molar-refractivity contribution in [1.29, 1.82) is 0 Å². The molecule has 0 radical (unpaired) electrons. The van der Waals surface area contributed by atoms with Crippen molar-refractivity contribution in [2.24, 2.45) is 0 Å². The normalized spacial score (nSPS) is 12.4. The van der Waals surface area contributed by atoms with Crippen LogP contribution >= 0.6 is 0 Å². The van der Waals surface area contributed by atoms with Crippen LogP contribution in [0.15, 0.2) is 18.5 Å². The number of hydrogen-bond donors (Lipinski definition) is 2. The van der Waals surface area contributed by atoms with Gasteiger partial charge in [-0.25, -0.2) is 0 Å². The van der Waals surface area contributed by atoms with E-state index in [9.17, 15) is 4.79 Å². The fraction of sp³-hybridized carbons (Fsp3) is 0.636. The van der Waals surface area contributed by atoms with E-state index in [2.05, 4.69) is 15.7 Å². The van der Waals surface area contributed by atoms with Crippen LogP contribution in [0.3, 0.4) is 0 Å². The maximum atomic E-state index is 11.6. The number of carbonyl (C=O) groups is 1. The van der Waals surface area contributed by atoms with E-state index >= 15 is 0 Å². The standard InChI is InChI=1S/C11H20N4O2/c1-10(11(16)13-6-9-17-2)12-5-8-15-7-3-4-14-15/h3-4,7,10,12H,5-6,8-9H2,1-2H3,(H,13,16). The van der Waals surface area contributed by atoms with Crippen LogP contribution in [0.2, 0.25) is 0 Å². The lowest BCUT2D eigenvalue weighted by Crippen LogP contribution is -2.44. The van der Waals surface area contributed by atoms with E-state index in [0.717, 1.165) is 6.54 Å². The molecule has 0 saturated carbocycles. The average molecular weight is 240 g/mol. The maximum Gasteiger partial charge on any atom is 0.236 e. The van der Waals surface area contributed by atoms with Gasteiger partial charge in [0.25, 0.3) is 0 Å². The lowest BCUT2D eigenvalue weighted by Gasteiger charge is -2.13. The molecule has 1 aromatic heterocycles. The van der Waals surface area contributed by atoms with Gasteiger partial charge in [0.2, 0.25) is 5.91 Å². The predicted molar refractivity (Wildman–Crippen MR) is 64.6 cm³/mol. The molecule has 6 heteroatoms. The molecule has 1 aromatic rings. The smallest absolute Gasteiger partial charge is 0.236 e. The second kappa shape index (κ2) is 7.81. The summed E-state index contributed by atoms with van der Waals surface area (Å²) in [5, 5.41) is 9.99. The van der Waals surface area contributed by atoms with Crippen LogP contribution in [-0.2, 0) is 16.1 Å². The summed E-state index contributed by atoms with van der Waals surface area (Å²) < 4.78 is 6.68. The van der Waals surface area contributed by atoms with Crippen molar-refractivity contribution < 1.29 is 9.53 Å². The second-order valence-electron chi connectivity index (χ2n) is 3.73. The Kier molecular flexibility index (Phi) is 6.27. The highest BCUT2D eigenvalue weighted by Crippen LogP contribution is 1.85. The van der Waals surface area contributed by atoms with Crippen LogP contribution in [0, 0.1) is 0 Å². The Morgan fingerprint density at radius 1 is 1.53 bits per heavy atom. The molecule has 0 aliphatic rings. The van der Waals surface area contributed by atoms with Gasteiger partial charge in [0, 0.05) is 32.6 Å². The minimum atomic E-state index is -0.206. The fourth-order valence-electron chi connectivity index (χ4n) is 1.35. The van der Waals surface area contributed by atoms with Crippen LogP contribution in [0.4, 0.5) is 0 Å². The van der Waals surface area contributed by atoms with Gasteiger partial charge in [0.05, 0.1) is 19.2 Å². The second-order valence-corrected chi connectivity index (χ2v) is 3.73. The Morgan fingerprint density at radius 3 is 3.00 bits per heavy atom. The number of nitrogens with one attached hydrogen (secondary N) is 2. The highest BCUT2D eigenvalue weighted by atomic mass is 16.5. The molecule has 0 saturated heterocycles. The van der Waals surface area contributed by atoms with Gasteiger partial charge in [0.15, 0.2) is 0 Å². The van der Waals surface area contributed by atoms with Crippen molar-refractivity contribution in [3.8, 4) is 0 Å². The monoisotopic (exact) mass is 240 g/mol. The zero-order valence-corrected chi connectivity index (χ0v) is 10.3. The molecule has 6 nitrogen and oxygen atoms in total. The molecule has 2 N–H and O–H groups in total. The Bertz CT molecular complexity index is 313.